The van der Waals surface area contributed by atoms with E-state index in [9.17, 15) is 0 Å². The van der Waals surface area contributed by atoms with E-state index in [0.717, 1.165) is 18.7 Å². The lowest BCUT2D eigenvalue weighted by Crippen LogP contribution is -2.30. The Morgan fingerprint density at radius 1 is 1.22 bits per heavy atom. The van der Waals surface area contributed by atoms with Crippen molar-refractivity contribution in [2.45, 2.75) is 19.3 Å². The number of rotatable bonds is 2. The van der Waals surface area contributed by atoms with Crippen LogP contribution in [0.5, 0.6) is 0 Å². The third-order valence-corrected chi connectivity index (χ3v) is 3.14. The SMILES string of the molecule is Nc1cnccc1-c1nc(N2CCCCC2)no1. The van der Waals surface area contributed by atoms with Crippen molar-refractivity contribution in [2.75, 3.05) is 23.7 Å². The smallest absolute Gasteiger partial charge is 0.266 e. The fraction of sp³-hybridized carbons (Fsp3) is 0.417. The molecule has 18 heavy (non-hydrogen) atoms. The number of pyridine rings is 1. The molecule has 0 bridgehead atoms. The fourth-order valence-corrected chi connectivity index (χ4v) is 2.15. The van der Waals surface area contributed by atoms with Crippen LogP contribution < -0.4 is 10.6 Å². The molecule has 0 atom stereocenters. The molecule has 0 unspecified atom stereocenters. The highest BCUT2D eigenvalue weighted by Crippen LogP contribution is 2.25. The predicted octanol–water partition coefficient (Wildman–Crippen LogP) is 1.70. The molecule has 0 amide bonds. The quantitative estimate of drug-likeness (QED) is 0.867. The average molecular weight is 245 g/mol. The van der Waals surface area contributed by atoms with Crippen LogP contribution in [0.25, 0.3) is 11.5 Å². The molecule has 0 aliphatic carbocycles. The van der Waals surface area contributed by atoms with Crippen molar-refractivity contribution in [3.8, 4) is 11.5 Å². The minimum atomic E-state index is 0.454. The highest BCUT2D eigenvalue weighted by atomic mass is 16.5. The van der Waals surface area contributed by atoms with Crippen molar-refractivity contribution in [3.63, 3.8) is 0 Å². The number of anilines is 2. The van der Waals surface area contributed by atoms with E-state index in [0.29, 0.717) is 17.5 Å². The number of piperidine rings is 1. The summed E-state index contributed by atoms with van der Waals surface area (Å²) in [5.41, 5.74) is 7.12. The Kier molecular flexibility index (Phi) is 2.84. The van der Waals surface area contributed by atoms with Gasteiger partial charge in [0.15, 0.2) is 0 Å². The average Bonchev–Trinajstić information content (AvgIpc) is 2.90. The fourth-order valence-electron chi connectivity index (χ4n) is 2.15. The summed E-state index contributed by atoms with van der Waals surface area (Å²) in [5, 5.41) is 4.02. The lowest BCUT2D eigenvalue weighted by Gasteiger charge is -2.24. The van der Waals surface area contributed by atoms with Crippen LogP contribution in [0.1, 0.15) is 19.3 Å². The lowest BCUT2D eigenvalue weighted by molar-refractivity contribution is 0.426. The molecule has 1 fully saturated rings. The molecule has 0 radical (unpaired) electrons. The van der Waals surface area contributed by atoms with Crippen LogP contribution >= 0.6 is 0 Å². The number of nitrogens with zero attached hydrogens (tertiary/aromatic N) is 4. The Hall–Kier alpha value is -2.11. The Morgan fingerprint density at radius 2 is 2.06 bits per heavy atom. The largest absolute Gasteiger partial charge is 0.397 e. The molecule has 6 nitrogen and oxygen atoms in total. The third kappa shape index (κ3) is 2.01. The summed E-state index contributed by atoms with van der Waals surface area (Å²) in [6.45, 7) is 1.98. The summed E-state index contributed by atoms with van der Waals surface area (Å²) in [7, 11) is 0. The van der Waals surface area contributed by atoms with Gasteiger partial charge in [0, 0.05) is 19.3 Å². The van der Waals surface area contributed by atoms with E-state index in [-0.39, 0.29) is 0 Å². The van der Waals surface area contributed by atoms with Gasteiger partial charge in [-0.15, -0.1) is 0 Å². The maximum atomic E-state index is 5.84. The minimum absolute atomic E-state index is 0.454. The molecule has 2 aromatic rings. The van der Waals surface area contributed by atoms with Crippen molar-refractivity contribution in [3.05, 3.63) is 18.5 Å². The van der Waals surface area contributed by atoms with Gasteiger partial charge in [-0.1, -0.05) is 0 Å². The van der Waals surface area contributed by atoms with Crippen LogP contribution in [0, 0.1) is 0 Å². The Balaban J connectivity index is 1.87. The summed E-state index contributed by atoms with van der Waals surface area (Å²) >= 11 is 0. The van der Waals surface area contributed by atoms with Gasteiger partial charge in [-0.05, 0) is 30.5 Å². The van der Waals surface area contributed by atoms with E-state index >= 15 is 0 Å². The highest BCUT2D eigenvalue weighted by Gasteiger charge is 2.18. The molecular formula is C12H15N5O. The second kappa shape index (κ2) is 4.64. The topological polar surface area (TPSA) is 81.1 Å². The van der Waals surface area contributed by atoms with Gasteiger partial charge in [0.1, 0.15) is 0 Å². The molecule has 1 aliphatic heterocycles. The number of nitrogens with two attached hydrogens (primary N) is 1. The van der Waals surface area contributed by atoms with Crippen molar-refractivity contribution in [2.24, 2.45) is 0 Å². The molecule has 0 aromatic carbocycles. The van der Waals surface area contributed by atoms with Gasteiger partial charge in [-0.3, -0.25) is 4.98 Å². The maximum absolute atomic E-state index is 5.84. The first-order valence-corrected chi connectivity index (χ1v) is 6.13. The molecule has 94 valence electrons. The summed E-state index contributed by atoms with van der Waals surface area (Å²) in [5.74, 6) is 1.11. The first-order valence-electron chi connectivity index (χ1n) is 6.13. The van der Waals surface area contributed by atoms with Crippen LogP contribution in [-0.4, -0.2) is 28.2 Å². The van der Waals surface area contributed by atoms with Crippen LogP contribution in [0.4, 0.5) is 11.6 Å². The van der Waals surface area contributed by atoms with E-state index in [1.807, 2.05) is 0 Å². The second-order valence-electron chi connectivity index (χ2n) is 4.41. The van der Waals surface area contributed by atoms with Gasteiger partial charge in [0.05, 0.1) is 17.4 Å². The normalized spacial score (nSPS) is 15.9. The molecule has 3 heterocycles. The van der Waals surface area contributed by atoms with Crippen molar-refractivity contribution in [1.82, 2.24) is 15.1 Å². The molecule has 0 saturated carbocycles. The standard InChI is InChI=1S/C12H15N5O/c13-10-8-14-5-4-9(10)11-15-12(16-18-11)17-6-2-1-3-7-17/h4-5,8H,1-3,6-7,13H2. The monoisotopic (exact) mass is 245 g/mol. The van der Waals surface area contributed by atoms with E-state index in [2.05, 4.69) is 20.0 Å². The number of hydrogen-bond acceptors (Lipinski definition) is 6. The van der Waals surface area contributed by atoms with Crippen molar-refractivity contribution in [1.29, 1.82) is 0 Å². The first-order chi connectivity index (χ1) is 8.84. The molecule has 0 spiro atoms. The van der Waals surface area contributed by atoms with Gasteiger partial charge < -0.3 is 15.2 Å². The van der Waals surface area contributed by atoms with Crippen LogP contribution in [0.15, 0.2) is 23.0 Å². The molecule has 6 heteroatoms. The third-order valence-electron chi connectivity index (χ3n) is 3.14. The summed E-state index contributed by atoms with van der Waals surface area (Å²) < 4.78 is 5.27. The zero-order valence-electron chi connectivity index (χ0n) is 10.0. The van der Waals surface area contributed by atoms with Crippen molar-refractivity contribution >= 4 is 11.6 Å². The van der Waals surface area contributed by atoms with Gasteiger partial charge in [0.2, 0.25) is 0 Å². The summed E-state index contributed by atoms with van der Waals surface area (Å²) in [6, 6.07) is 1.78. The molecule has 3 rings (SSSR count). The van der Waals surface area contributed by atoms with Crippen LogP contribution in [-0.2, 0) is 0 Å². The second-order valence-corrected chi connectivity index (χ2v) is 4.41. The summed E-state index contributed by atoms with van der Waals surface area (Å²) in [6.07, 6.45) is 6.89. The van der Waals surface area contributed by atoms with E-state index < -0.39 is 0 Å². The van der Waals surface area contributed by atoms with Crippen molar-refractivity contribution < 1.29 is 4.52 Å². The highest BCUT2D eigenvalue weighted by molar-refractivity contribution is 5.69. The molecule has 1 saturated heterocycles. The maximum Gasteiger partial charge on any atom is 0.266 e. The minimum Gasteiger partial charge on any atom is -0.397 e. The van der Waals surface area contributed by atoms with E-state index in [1.165, 1.54) is 19.3 Å². The molecule has 2 aromatic heterocycles. The number of nitrogen functional groups attached to an aromatic ring is 1. The number of hydrogen-bond donors (Lipinski definition) is 1. The van der Waals surface area contributed by atoms with E-state index in [4.69, 9.17) is 10.3 Å². The first kappa shape index (κ1) is 11.0. The van der Waals surface area contributed by atoms with Crippen LogP contribution in [0.3, 0.4) is 0 Å². The van der Waals surface area contributed by atoms with Gasteiger partial charge >= 0.3 is 0 Å². The van der Waals surface area contributed by atoms with E-state index in [1.54, 1.807) is 18.5 Å². The zero-order chi connectivity index (χ0) is 12.4. The Morgan fingerprint density at radius 3 is 2.83 bits per heavy atom. The Bertz CT molecular complexity index is 533. The molecule has 2 N–H and O–H groups in total. The van der Waals surface area contributed by atoms with Gasteiger partial charge in [0.25, 0.3) is 11.8 Å². The zero-order valence-corrected chi connectivity index (χ0v) is 10.0. The summed E-state index contributed by atoms with van der Waals surface area (Å²) in [4.78, 5) is 10.5. The van der Waals surface area contributed by atoms with Crippen LogP contribution in [0.2, 0.25) is 0 Å². The van der Waals surface area contributed by atoms with Gasteiger partial charge in [-0.2, -0.15) is 4.98 Å². The molecular weight excluding hydrogens is 230 g/mol. The lowest BCUT2D eigenvalue weighted by atomic mass is 10.1. The predicted molar refractivity (Wildman–Crippen MR) is 68.0 cm³/mol. The number of aromatic nitrogens is 3. The Labute approximate surface area is 105 Å². The van der Waals surface area contributed by atoms with Gasteiger partial charge in [-0.25, -0.2) is 0 Å². The molecule has 1 aliphatic rings.